The Morgan fingerprint density at radius 3 is 1.80 bits per heavy atom. The van der Waals surface area contributed by atoms with E-state index >= 15 is 0 Å². The Morgan fingerprint density at radius 2 is 1.40 bits per heavy atom. The average Bonchev–Trinajstić information content (AvgIpc) is 2.73. The number of carbonyl (C=O) groups excluding carboxylic acids is 2. The Bertz CT molecular complexity index is 812. The Labute approximate surface area is 179 Å². The first-order chi connectivity index (χ1) is 14.2. The maximum atomic E-state index is 13.0. The van der Waals surface area contributed by atoms with Gasteiger partial charge in [-0.1, -0.05) is 67.6 Å². The van der Waals surface area contributed by atoms with Gasteiger partial charge in [-0.3, -0.25) is 9.79 Å². The highest BCUT2D eigenvalue weighted by Crippen LogP contribution is 2.21. The lowest BCUT2D eigenvalue weighted by Gasteiger charge is -2.24. The Morgan fingerprint density at radius 1 is 0.900 bits per heavy atom. The standard InChI is InChI=1S/C25H31NO4/c1-6-18(23(27)29-5)17-21(24(28)30-25(2,3)4)26-22(19-13-9-7-10-14-19)20-15-11-8-12-16-20/h7-16,18,21H,6,17H2,1-5H3/t18-,21+/m0/s1. The minimum atomic E-state index is -0.830. The molecule has 0 radical (unpaired) electrons. The second-order valence-corrected chi connectivity index (χ2v) is 8.12. The van der Waals surface area contributed by atoms with Crippen LogP contribution in [0.4, 0.5) is 0 Å². The monoisotopic (exact) mass is 409 g/mol. The molecule has 0 heterocycles. The van der Waals surface area contributed by atoms with Gasteiger partial charge in [0.25, 0.3) is 0 Å². The van der Waals surface area contributed by atoms with Gasteiger partial charge in [0.1, 0.15) is 11.6 Å². The molecule has 2 rings (SSSR count). The summed E-state index contributed by atoms with van der Waals surface area (Å²) in [6.45, 7) is 7.35. The van der Waals surface area contributed by atoms with Gasteiger partial charge < -0.3 is 9.47 Å². The molecule has 0 aliphatic carbocycles. The molecule has 2 aromatic rings. The van der Waals surface area contributed by atoms with Crippen molar-refractivity contribution in [3.05, 3.63) is 71.8 Å². The van der Waals surface area contributed by atoms with Crippen molar-refractivity contribution in [2.24, 2.45) is 10.9 Å². The summed E-state index contributed by atoms with van der Waals surface area (Å²) in [4.78, 5) is 30.1. The first-order valence-corrected chi connectivity index (χ1v) is 10.2. The van der Waals surface area contributed by atoms with E-state index in [0.717, 1.165) is 11.1 Å². The third-order valence-corrected chi connectivity index (χ3v) is 4.59. The maximum Gasteiger partial charge on any atom is 0.331 e. The molecule has 30 heavy (non-hydrogen) atoms. The number of rotatable bonds is 8. The van der Waals surface area contributed by atoms with Crippen LogP contribution in [-0.4, -0.2) is 36.4 Å². The van der Waals surface area contributed by atoms with Gasteiger partial charge >= 0.3 is 11.9 Å². The predicted octanol–water partition coefficient (Wildman–Crippen LogP) is 4.82. The van der Waals surface area contributed by atoms with E-state index in [1.807, 2.05) is 88.4 Å². The number of methoxy groups -OCH3 is 1. The van der Waals surface area contributed by atoms with Crippen LogP contribution >= 0.6 is 0 Å². The lowest BCUT2D eigenvalue weighted by atomic mass is 9.96. The largest absolute Gasteiger partial charge is 0.469 e. The molecule has 2 atom stereocenters. The van der Waals surface area contributed by atoms with Crippen LogP contribution < -0.4 is 0 Å². The summed E-state index contributed by atoms with van der Waals surface area (Å²) in [7, 11) is 1.36. The molecule has 0 unspecified atom stereocenters. The molecule has 0 bridgehead atoms. The summed E-state index contributed by atoms with van der Waals surface area (Å²) in [5.74, 6) is -1.24. The fourth-order valence-corrected chi connectivity index (χ4v) is 3.10. The highest BCUT2D eigenvalue weighted by Gasteiger charge is 2.31. The number of nitrogens with zero attached hydrogens (tertiary/aromatic N) is 1. The van der Waals surface area contributed by atoms with Gasteiger partial charge in [-0.25, -0.2) is 4.79 Å². The van der Waals surface area contributed by atoms with Gasteiger partial charge in [0, 0.05) is 11.1 Å². The van der Waals surface area contributed by atoms with Crippen LogP contribution in [0.5, 0.6) is 0 Å². The normalized spacial score (nSPS) is 13.1. The lowest BCUT2D eigenvalue weighted by molar-refractivity contribution is -0.157. The van der Waals surface area contributed by atoms with Gasteiger partial charge in [0.2, 0.25) is 0 Å². The number of hydrogen-bond donors (Lipinski definition) is 0. The average molecular weight is 410 g/mol. The van der Waals surface area contributed by atoms with E-state index in [4.69, 9.17) is 14.5 Å². The SMILES string of the molecule is CC[C@@H](C[C@@H](N=C(c1ccccc1)c1ccccc1)C(=O)OC(C)(C)C)C(=O)OC. The molecule has 2 aromatic carbocycles. The van der Waals surface area contributed by atoms with Gasteiger partial charge in [-0.15, -0.1) is 0 Å². The lowest BCUT2D eigenvalue weighted by Crippen LogP contribution is -2.34. The van der Waals surface area contributed by atoms with Crippen molar-refractivity contribution in [2.75, 3.05) is 7.11 Å². The van der Waals surface area contributed by atoms with Crippen LogP contribution in [0.25, 0.3) is 0 Å². The van der Waals surface area contributed by atoms with Crippen molar-refractivity contribution in [3.8, 4) is 0 Å². The van der Waals surface area contributed by atoms with Gasteiger partial charge in [0.15, 0.2) is 0 Å². The summed E-state index contributed by atoms with van der Waals surface area (Å²) < 4.78 is 10.6. The van der Waals surface area contributed by atoms with E-state index in [0.29, 0.717) is 12.1 Å². The second kappa shape index (κ2) is 10.7. The molecule has 0 aliphatic heterocycles. The first kappa shape index (κ1) is 23.3. The smallest absolute Gasteiger partial charge is 0.331 e. The molecule has 0 fully saturated rings. The third-order valence-electron chi connectivity index (χ3n) is 4.59. The van der Waals surface area contributed by atoms with Crippen LogP contribution in [0.1, 0.15) is 51.7 Å². The highest BCUT2D eigenvalue weighted by molar-refractivity contribution is 6.13. The molecule has 0 saturated heterocycles. The molecule has 0 N–H and O–H groups in total. The topological polar surface area (TPSA) is 65.0 Å². The highest BCUT2D eigenvalue weighted by atomic mass is 16.6. The van der Waals surface area contributed by atoms with E-state index in [-0.39, 0.29) is 12.4 Å². The number of ether oxygens (including phenoxy) is 2. The fraction of sp³-hybridized carbons (Fsp3) is 0.400. The predicted molar refractivity (Wildman–Crippen MR) is 119 cm³/mol. The number of hydrogen-bond acceptors (Lipinski definition) is 5. The molecule has 160 valence electrons. The van der Waals surface area contributed by atoms with Gasteiger partial charge in [-0.2, -0.15) is 0 Å². The van der Waals surface area contributed by atoms with Crippen LogP contribution in [0.2, 0.25) is 0 Å². The number of benzene rings is 2. The van der Waals surface area contributed by atoms with Gasteiger partial charge in [0.05, 0.1) is 18.7 Å². The third kappa shape index (κ3) is 6.83. The molecule has 0 spiro atoms. The van der Waals surface area contributed by atoms with Crippen LogP contribution in [0, 0.1) is 5.92 Å². The fourth-order valence-electron chi connectivity index (χ4n) is 3.10. The molecule has 0 aromatic heterocycles. The first-order valence-electron chi connectivity index (χ1n) is 10.2. The van der Waals surface area contributed by atoms with E-state index in [1.165, 1.54) is 7.11 Å². The van der Waals surface area contributed by atoms with Crippen LogP contribution in [-0.2, 0) is 19.1 Å². The van der Waals surface area contributed by atoms with Crippen molar-refractivity contribution in [1.29, 1.82) is 0 Å². The van der Waals surface area contributed by atoms with E-state index in [2.05, 4.69) is 0 Å². The molecular formula is C25H31NO4. The zero-order valence-electron chi connectivity index (χ0n) is 18.4. The van der Waals surface area contributed by atoms with Crippen molar-refractivity contribution in [2.45, 2.75) is 52.2 Å². The summed E-state index contributed by atoms with van der Waals surface area (Å²) in [6, 6.07) is 18.6. The summed E-state index contributed by atoms with van der Waals surface area (Å²) in [5, 5.41) is 0. The molecule has 0 amide bonds. The zero-order chi connectivity index (χ0) is 22.1. The van der Waals surface area contributed by atoms with Crippen molar-refractivity contribution in [1.82, 2.24) is 0 Å². The molecule has 0 aliphatic rings. The van der Waals surface area contributed by atoms with Gasteiger partial charge in [-0.05, 0) is 33.6 Å². The number of carbonyl (C=O) groups is 2. The minimum absolute atomic E-state index is 0.223. The minimum Gasteiger partial charge on any atom is -0.469 e. The Kier molecular flexibility index (Phi) is 8.34. The summed E-state index contributed by atoms with van der Waals surface area (Å²) in [6.07, 6.45) is 0.773. The van der Waals surface area contributed by atoms with E-state index in [9.17, 15) is 9.59 Å². The van der Waals surface area contributed by atoms with Crippen LogP contribution in [0.3, 0.4) is 0 Å². The van der Waals surface area contributed by atoms with Crippen molar-refractivity contribution < 1.29 is 19.1 Å². The molecule has 5 nitrogen and oxygen atoms in total. The van der Waals surface area contributed by atoms with E-state index in [1.54, 1.807) is 0 Å². The summed E-state index contributed by atoms with van der Waals surface area (Å²) >= 11 is 0. The maximum absolute atomic E-state index is 13.0. The zero-order valence-corrected chi connectivity index (χ0v) is 18.4. The summed E-state index contributed by atoms with van der Waals surface area (Å²) in [5.41, 5.74) is 1.82. The second-order valence-electron chi connectivity index (χ2n) is 8.12. The van der Waals surface area contributed by atoms with Crippen molar-refractivity contribution in [3.63, 3.8) is 0 Å². The van der Waals surface area contributed by atoms with Crippen LogP contribution in [0.15, 0.2) is 65.7 Å². The number of esters is 2. The molecular weight excluding hydrogens is 378 g/mol. The Hall–Kier alpha value is -2.95. The molecule has 0 saturated carbocycles. The Balaban J connectivity index is 2.53. The van der Waals surface area contributed by atoms with E-state index < -0.39 is 23.5 Å². The van der Waals surface area contributed by atoms with Crippen molar-refractivity contribution >= 4 is 17.7 Å². The quantitative estimate of drug-likeness (QED) is 0.463. The number of aliphatic imine (C=N–C) groups is 1. The molecule has 5 heteroatoms.